The van der Waals surface area contributed by atoms with Crippen molar-refractivity contribution in [2.45, 2.75) is 0 Å². The van der Waals surface area contributed by atoms with E-state index in [2.05, 4.69) is 10.1 Å². The predicted molar refractivity (Wildman–Crippen MR) is 38.0 cm³/mol. The topological polar surface area (TPSA) is 30.2 Å². The van der Waals surface area contributed by atoms with Crippen LogP contribution >= 0.6 is 11.6 Å². The summed E-state index contributed by atoms with van der Waals surface area (Å²) in [4.78, 5) is 3.90. The number of hydrogen-bond acceptors (Lipinski definition) is 2. The maximum absolute atomic E-state index is 5.75. The van der Waals surface area contributed by atoms with Gasteiger partial charge >= 0.3 is 0 Å². The Hall–Kier alpha value is -1.09. The first-order valence-corrected chi connectivity index (χ1v) is 3.18. The van der Waals surface area contributed by atoms with Gasteiger partial charge in [-0.2, -0.15) is 5.10 Å². The summed E-state index contributed by atoms with van der Waals surface area (Å²) in [6.45, 7) is 0. The number of rotatable bonds is 0. The summed E-state index contributed by atoms with van der Waals surface area (Å²) in [5.41, 5.74) is 0.837. The van der Waals surface area contributed by atoms with Gasteiger partial charge in [0, 0.05) is 12.4 Å². The molecule has 50 valence electrons. The SMILES string of the molecule is Clc1cnn2ccncc12. The summed E-state index contributed by atoms with van der Waals surface area (Å²) in [7, 11) is 0. The van der Waals surface area contributed by atoms with E-state index < -0.39 is 0 Å². The van der Waals surface area contributed by atoms with E-state index in [9.17, 15) is 0 Å². The predicted octanol–water partition coefficient (Wildman–Crippen LogP) is 1.38. The second kappa shape index (κ2) is 1.95. The number of halogens is 1. The van der Waals surface area contributed by atoms with Crippen LogP contribution in [0.4, 0.5) is 0 Å². The molecule has 4 heteroatoms. The van der Waals surface area contributed by atoms with Crippen LogP contribution in [0.25, 0.3) is 5.52 Å². The number of aromatic nitrogens is 3. The van der Waals surface area contributed by atoms with Gasteiger partial charge in [0.05, 0.1) is 17.4 Å². The van der Waals surface area contributed by atoms with Gasteiger partial charge in [0.1, 0.15) is 5.52 Å². The highest BCUT2D eigenvalue weighted by molar-refractivity contribution is 6.33. The molecule has 0 bridgehead atoms. The molecule has 0 saturated carbocycles. The van der Waals surface area contributed by atoms with Crippen LogP contribution in [0.5, 0.6) is 0 Å². The minimum absolute atomic E-state index is 0.633. The van der Waals surface area contributed by atoms with E-state index in [1.165, 1.54) is 0 Å². The molecule has 0 radical (unpaired) electrons. The quantitative estimate of drug-likeness (QED) is 0.573. The minimum atomic E-state index is 0.633. The first kappa shape index (κ1) is 5.68. The number of hydrogen-bond donors (Lipinski definition) is 0. The van der Waals surface area contributed by atoms with E-state index in [0.717, 1.165) is 5.52 Å². The van der Waals surface area contributed by atoms with Crippen LogP contribution in [0.15, 0.2) is 24.8 Å². The van der Waals surface area contributed by atoms with Crippen molar-refractivity contribution < 1.29 is 0 Å². The van der Waals surface area contributed by atoms with Gasteiger partial charge in [-0.3, -0.25) is 4.98 Å². The molecule has 0 atom stereocenters. The largest absolute Gasteiger partial charge is 0.261 e. The highest BCUT2D eigenvalue weighted by atomic mass is 35.5. The van der Waals surface area contributed by atoms with Gasteiger partial charge in [-0.15, -0.1) is 0 Å². The molecule has 2 aromatic rings. The van der Waals surface area contributed by atoms with Crippen molar-refractivity contribution in [1.29, 1.82) is 0 Å². The molecule has 0 aliphatic heterocycles. The van der Waals surface area contributed by atoms with Crippen LogP contribution in [0, 0.1) is 0 Å². The van der Waals surface area contributed by atoms with Crippen LogP contribution in [0.1, 0.15) is 0 Å². The molecule has 0 saturated heterocycles. The van der Waals surface area contributed by atoms with Crippen molar-refractivity contribution in [1.82, 2.24) is 14.6 Å². The monoisotopic (exact) mass is 153 g/mol. The van der Waals surface area contributed by atoms with E-state index in [1.807, 2.05) is 0 Å². The number of fused-ring (bicyclic) bond motifs is 1. The van der Waals surface area contributed by atoms with E-state index in [-0.39, 0.29) is 0 Å². The zero-order valence-corrected chi connectivity index (χ0v) is 5.78. The Kier molecular flexibility index (Phi) is 1.11. The summed E-state index contributed by atoms with van der Waals surface area (Å²) in [5.74, 6) is 0. The zero-order chi connectivity index (χ0) is 6.97. The van der Waals surface area contributed by atoms with Crippen molar-refractivity contribution >= 4 is 17.1 Å². The smallest absolute Gasteiger partial charge is 0.103 e. The molecule has 3 nitrogen and oxygen atoms in total. The fourth-order valence-electron chi connectivity index (χ4n) is 0.806. The molecule has 2 aromatic heterocycles. The van der Waals surface area contributed by atoms with Crippen LogP contribution in [0.2, 0.25) is 5.02 Å². The van der Waals surface area contributed by atoms with E-state index in [4.69, 9.17) is 11.6 Å². The third-order valence-electron chi connectivity index (χ3n) is 1.28. The molecular weight excluding hydrogens is 150 g/mol. The van der Waals surface area contributed by atoms with Gasteiger partial charge in [-0.1, -0.05) is 11.6 Å². The molecular formula is C6H4ClN3. The lowest BCUT2D eigenvalue weighted by Gasteiger charge is -1.87. The Bertz CT molecular complexity index is 355. The maximum Gasteiger partial charge on any atom is 0.103 e. The first-order chi connectivity index (χ1) is 4.88. The third-order valence-corrected chi connectivity index (χ3v) is 1.57. The molecule has 2 rings (SSSR count). The van der Waals surface area contributed by atoms with Gasteiger partial charge in [-0.25, -0.2) is 4.52 Å². The molecule has 0 amide bonds. The van der Waals surface area contributed by atoms with Gasteiger partial charge in [0.2, 0.25) is 0 Å². The fraction of sp³-hybridized carbons (Fsp3) is 0. The Morgan fingerprint density at radius 2 is 2.30 bits per heavy atom. The number of nitrogens with zero attached hydrogens (tertiary/aromatic N) is 3. The molecule has 0 fully saturated rings. The summed E-state index contributed by atoms with van der Waals surface area (Å²) in [6.07, 6.45) is 6.69. The normalized spacial score (nSPS) is 10.5. The van der Waals surface area contributed by atoms with Crippen molar-refractivity contribution in [3.05, 3.63) is 29.8 Å². The van der Waals surface area contributed by atoms with E-state index in [0.29, 0.717) is 5.02 Å². The zero-order valence-electron chi connectivity index (χ0n) is 5.03. The lowest BCUT2D eigenvalue weighted by Crippen LogP contribution is -1.84. The average molecular weight is 154 g/mol. The Balaban J connectivity index is 2.93. The van der Waals surface area contributed by atoms with Crippen LogP contribution in [-0.2, 0) is 0 Å². The Labute approximate surface area is 62.3 Å². The lowest BCUT2D eigenvalue weighted by atomic mass is 10.5. The van der Waals surface area contributed by atoms with Gasteiger partial charge in [-0.05, 0) is 0 Å². The summed E-state index contributed by atoms with van der Waals surface area (Å²) in [5, 5.41) is 4.60. The summed E-state index contributed by atoms with van der Waals surface area (Å²) >= 11 is 5.75. The van der Waals surface area contributed by atoms with Crippen molar-refractivity contribution in [3.8, 4) is 0 Å². The fourth-order valence-corrected chi connectivity index (χ4v) is 0.985. The van der Waals surface area contributed by atoms with Gasteiger partial charge < -0.3 is 0 Å². The molecule has 0 N–H and O–H groups in total. The van der Waals surface area contributed by atoms with Crippen LogP contribution in [0.3, 0.4) is 0 Å². The molecule has 2 heterocycles. The van der Waals surface area contributed by atoms with Crippen LogP contribution in [-0.4, -0.2) is 14.6 Å². The van der Waals surface area contributed by atoms with Crippen molar-refractivity contribution in [2.24, 2.45) is 0 Å². The van der Waals surface area contributed by atoms with Gasteiger partial charge in [0.15, 0.2) is 0 Å². The van der Waals surface area contributed by atoms with Gasteiger partial charge in [0.25, 0.3) is 0 Å². The Morgan fingerprint density at radius 3 is 3.10 bits per heavy atom. The molecule has 0 spiro atoms. The standard InChI is InChI=1S/C6H4ClN3/c7-5-3-9-10-2-1-8-4-6(5)10/h1-4H. The molecule has 0 aliphatic rings. The highest BCUT2D eigenvalue weighted by Crippen LogP contribution is 2.13. The second-order valence-electron chi connectivity index (χ2n) is 1.90. The van der Waals surface area contributed by atoms with E-state index in [1.54, 1.807) is 29.3 Å². The van der Waals surface area contributed by atoms with Crippen LogP contribution < -0.4 is 0 Å². The Morgan fingerprint density at radius 1 is 1.40 bits per heavy atom. The highest BCUT2D eigenvalue weighted by Gasteiger charge is 1.97. The maximum atomic E-state index is 5.75. The van der Waals surface area contributed by atoms with E-state index >= 15 is 0 Å². The molecule has 10 heavy (non-hydrogen) atoms. The first-order valence-electron chi connectivity index (χ1n) is 2.81. The molecule has 0 aliphatic carbocycles. The third kappa shape index (κ3) is 0.675. The van der Waals surface area contributed by atoms with Crippen molar-refractivity contribution in [2.75, 3.05) is 0 Å². The summed E-state index contributed by atoms with van der Waals surface area (Å²) < 4.78 is 1.68. The molecule has 0 unspecified atom stereocenters. The van der Waals surface area contributed by atoms with Crippen molar-refractivity contribution in [3.63, 3.8) is 0 Å². The minimum Gasteiger partial charge on any atom is -0.261 e. The second-order valence-corrected chi connectivity index (χ2v) is 2.31. The lowest BCUT2D eigenvalue weighted by molar-refractivity contribution is 0.946. The molecule has 0 aromatic carbocycles. The average Bonchev–Trinajstić information content (AvgIpc) is 2.34. The summed E-state index contributed by atoms with van der Waals surface area (Å²) in [6, 6.07) is 0.